The van der Waals surface area contributed by atoms with Crippen molar-refractivity contribution in [2.45, 2.75) is 6.54 Å². The minimum atomic E-state index is -0.399. The van der Waals surface area contributed by atoms with Crippen molar-refractivity contribution >= 4 is 23.2 Å². The molecule has 0 aliphatic rings. The predicted octanol–water partition coefficient (Wildman–Crippen LogP) is 3.11. The van der Waals surface area contributed by atoms with Crippen molar-refractivity contribution in [2.24, 2.45) is 10.2 Å². The Bertz CT molecular complexity index is 887. The fraction of sp³-hybridized carbons (Fsp3) is 0.118. The zero-order valence-corrected chi connectivity index (χ0v) is 13.5. The van der Waals surface area contributed by atoms with Gasteiger partial charge in [-0.05, 0) is 35.9 Å². The summed E-state index contributed by atoms with van der Waals surface area (Å²) in [5.74, 6) is 0.0168. The van der Waals surface area contributed by atoms with Gasteiger partial charge in [0.25, 0.3) is 0 Å². The lowest BCUT2D eigenvalue weighted by Crippen LogP contribution is -2.05. The molecule has 0 amide bonds. The number of anilines is 1. The highest BCUT2D eigenvalue weighted by atomic mass is 16.5. The molecule has 8 heteroatoms. The molecule has 3 rings (SSSR count). The van der Waals surface area contributed by atoms with E-state index in [-0.39, 0.29) is 0 Å². The summed E-state index contributed by atoms with van der Waals surface area (Å²) in [5.41, 5.74) is 8.56. The van der Waals surface area contributed by atoms with Gasteiger partial charge >= 0.3 is 5.97 Å². The highest BCUT2D eigenvalue weighted by Gasteiger charge is 2.08. The summed E-state index contributed by atoms with van der Waals surface area (Å²) in [6, 6.07) is 10.4. The van der Waals surface area contributed by atoms with Crippen LogP contribution < -0.4 is 5.73 Å². The van der Waals surface area contributed by atoms with Crippen LogP contribution in [0.15, 0.2) is 65.2 Å². The fourth-order valence-corrected chi connectivity index (χ4v) is 2.15. The quantitative estimate of drug-likeness (QED) is 0.569. The van der Waals surface area contributed by atoms with Crippen LogP contribution in [-0.2, 0) is 11.3 Å². The molecule has 0 bridgehead atoms. The number of nitrogen functional groups attached to an aromatic ring is 1. The first-order valence-electron chi connectivity index (χ1n) is 7.47. The number of nitrogens with two attached hydrogens (primary N) is 1. The third-order valence-electron chi connectivity index (χ3n) is 3.48. The van der Waals surface area contributed by atoms with E-state index in [1.165, 1.54) is 7.11 Å². The van der Waals surface area contributed by atoms with E-state index >= 15 is 0 Å². The monoisotopic (exact) mass is 336 g/mol. The summed E-state index contributed by atoms with van der Waals surface area (Å²) in [4.78, 5) is 15.5. The lowest BCUT2D eigenvalue weighted by Gasteiger charge is -2.03. The molecule has 0 saturated carbocycles. The molecule has 1 aromatic carbocycles. The Balaban J connectivity index is 1.73. The van der Waals surface area contributed by atoms with Crippen LogP contribution in [0.3, 0.4) is 0 Å². The summed E-state index contributed by atoms with van der Waals surface area (Å²) in [7, 11) is 1.34. The van der Waals surface area contributed by atoms with Crippen molar-refractivity contribution in [3.63, 3.8) is 0 Å². The van der Waals surface area contributed by atoms with Gasteiger partial charge in [-0.25, -0.2) is 9.48 Å². The molecule has 0 saturated heterocycles. The molecule has 126 valence electrons. The third-order valence-corrected chi connectivity index (χ3v) is 3.48. The first-order valence-corrected chi connectivity index (χ1v) is 7.47. The van der Waals surface area contributed by atoms with Gasteiger partial charge in [-0.1, -0.05) is 6.07 Å². The highest BCUT2D eigenvalue weighted by molar-refractivity contribution is 5.89. The van der Waals surface area contributed by atoms with Gasteiger partial charge in [0, 0.05) is 12.4 Å². The van der Waals surface area contributed by atoms with E-state index in [0.717, 1.165) is 5.56 Å². The molecule has 0 unspecified atom stereocenters. The Labute approximate surface area is 144 Å². The number of carbonyl (C=O) groups is 1. The summed E-state index contributed by atoms with van der Waals surface area (Å²) in [6.07, 6.45) is 5.02. The van der Waals surface area contributed by atoms with E-state index in [1.807, 2.05) is 12.1 Å². The summed E-state index contributed by atoms with van der Waals surface area (Å²) in [6.45, 7) is 0.503. The molecule has 0 atom stereocenters. The maximum absolute atomic E-state index is 11.4. The summed E-state index contributed by atoms with van der Waals surface area (Å²) < 4.78 is 6.28. The molecule has 0 radical (unpaired) electrons. The zero-order chi connectivity index (χ0) is 17.6. The van der Waals surface area contributed by atoms with Gasteiger partial charge in [0.05, 0.1) is 31.1 Å². The van der Waals surface area contributed by atoms with E-state index in [9.17, 15) is 4.79 Å². The molecule has 2 aromatic heterocycles. The zero-order valence-electron chi connectivity index (χ0n) is 13.5. The van der Waals surface area contributed by atoms with Crippen molar-refractivity contribution in [2.75, 3.05) is 12.8 Å². The number of nitrogens with zero attached hydrogens (tertiary/aromatic N) is 5. The first-order chi connectivity index (χ1) is 12.2. The first kappa shape index (κ1) is 16.3. The van der Waals surface area contributed by atoms with E-state index in [2.05, 4.69) is 25.0 Å². The van der Waals surface area contributed by atoms with E-state index in [1.54, 1.807) is 47.5 Å². The average Bonchev–Trinajstić information content (AvgIpc) is 3.00. The minimum Gasteiger partial charge on any atom is -0.465 e. The van der Waals surface area contributed by atoms with Gasteiger partial charge in [-0.3, -0.25) is 4.98 Å². The standard InChI is InChI=1S/C17H16N6O2/c1-25-17(24)13-4-6-14(7-5-13)21-22-15-10-20-23(16(15)18)11-12-3-2-8-19-9-12/h2-10H,11,18H2,1H3. The number of azo groups is 1. The van der Waals surface area contributed by atoms with Crippen LogP contribution in [-0.4, -0.2) is 27.8 Å². The molecule has 0 aliphatic carbocycles. The number of pyridine rings is 1. The number of rotatable bonds is 5. The van der Waals surface area contributed by atoms with Crippen LogP contribution in [0, 0.1) is 0 Å². The number of esters is 1. The Kier molecular flexibility index (Phi) is 4.79. The summed E-state index contributed by atoms with van der Waals surface area (Å²) >= 11 is 0. The van der Waals surface area contributed by atoms with Gasteiger partial charge in [0.1, 0.15) is 11.5 Å². The Morgan fingerprint density at radius 2 is 2.00 bits per heavy atom. The maximum Gasteiger partial charge on any atom is 0.337 e. The van der Waals surface area contributed by atoms with Gasteiger partial charge < -0.3 is 10.5 Å². The molecule has 0 aliphatic heterocycles. The topological polar surface area (TPSA) is 108 Å². The van der Waals surface area contributed by atoms with Gasteiger partial charge in [0.15, 0.2) is 0 Å². The SMILES string of the molecule is COC(=O)c1ccc(N=Nc2cnn(Cc3cccnc3)c2N)cc1. The lowest BCUT2D eigenvalue weighted by molar-refractivity contribution is 0.0601. The predicted molar refractivity (Wildman–Crippen MR) is 91.9 cm³/mol. The number of aromatic nitrogens is 3. The number of carbonyl (C=O) groups excluding carboxylic acids is 1. The number of ether oxygens (including phenoxy) is 1. The van der Waals surface area contributed by atoms with Crippen molar-refractivity contribution in [3.05, 3.63) is 66.1 Å². The summed E-state index contributed by atoms with van der Waals surface area (Å²) in [5, 5.41) is 12.4. The van der Waals surface area contributed by atoms with E-state index < -0.39 is 5.97 Å². The Morgan fingerprint density at radius 3 is 2.68 bits per heavy atom. The number of hydrogen-bond acceptors (Lipinski definition) is 7. The van der Waals surface area contributed by atoms with Crippen LogP contribution in [0.4, 0.5) is 17.2 Å². The van der Waals surface area contributed by atoms with Crippen LogP contribution >= 0.6 is 0 Å². The Morgan fingerprint density at radius 1 is 1.20 bits per heavy atom. The second-order valence-electron chi connectivity index (χ2n) is 5.17. The van der Waals surface area contributed by atoms with Gasteiger partial charge in [-0.15, -0.1) is 5.11 Å². The average molecular weight is 336 g/mol. The molecular weight excluding hydrogens is 320 g/mol. The van der Waals surface area contributed by atoms with Crippen LogP contribution in [0.5, 0.6) is 0 Å². The fourth-order valence-electron chi connectivity index (χ4n) is 2.15. The molecular formula is C17H16N6O2. The van der Waals surface area contributed by atoms with Crippen molar-refractivity contribution in [1.29, 1.82) is 0 Å². The molecule has 25 heavy (non-hydrogen) atoms. The van der Waals surface area contributed by atoms with E-state index in [0.29, 0.717) is 29.3 Å². The smallest absolute Gasteiger partial charge is 0.337 e. The highest BCUT2D eigenvalue weighted by Crippen LogP contribution is 2.24. The molecule has 0 spiro atoms. The number of benzene rings is 1. The van der Waals surface area contributed by atoms with Crippen molar-refractivity contribution in [3.8, 4) is 0 Å². The largest absolute Gasteiger partial charge is 0.465 e. The minimum absolute atomic E-state index is 0.399. The molecule has 2 N–H and O–H groups in total. The van der Waals surface area contributed by atoms with Gasteiger partial charge in [-0.2, -0.15) is 10.2 Å². The lowest BCUT2D eigenvalue weighted by atomic mass is 10.2. The van der Waals surface area contributed by atoms with Crippen LogP contribution in [0.1, 0.15) is 15.9 Å². The number of methoxy groups -OCH3 is 1. The van der Waals surface area contributed by atoms with Gasteiger partial charge in [0.2, 0.25) is 0 Å². The molecule has 3 aromatic rings. The third kappa shape index (κ3) is 3.86. The van der Waals surface area contributed by atoms with Crippen LogP contribution in [0.25, 0.3) is 0 Å². The molecule has 2 heterocycles. The van der Waals surface area contributed by atoms with Crippen molar-refractivity contribution in [1.82, 2.24) is 14.8 Å². The van der Waals surface area contributed by atoms with Crippen molar-refractivity contribution < 1.29 is 9.53 Å². The second kappa shape index (κ2) is 7.35. The molecule has 8 nitrogen and oxygen atoms in total. The number of hydrogen-bond donors (Lipinski definition) is 1. The normalized spacial score (nSPS) is 10.9. The maximum atomic E-state index is 11.4. The van der Waals surface area contributed by atoms with E-state index in [4.69, 9.17) is 5.73 Å². The second-order valence-corrected chi connectivity index (χ2v) is 5.17. The molecule has 0 fully saturated rings. The van der Waals surface area contributed by atoms with Crippen LogP contribution in [0.2, 0.25) is 0 Å². The Hall–Kier alpha value is -3.55.